The molecule has 5 rings (SSSR count). The van der Waals surface area contributed by atoms with Gasteiger partial charge in [-0.2, -0.15) is 0 Å². The van der Waals surface area contributed by atoms with E-state index >= 15 is 0 Å². The average Bonchev–Trinajstić information content (AvgIpc) is 3.58. The smallest absolute Gasteiger partial charge is 0.251 e. The van der Waals surface area contributed by atoms with Crippen LogP contribution in [0.2, 0.25) is 0 Å². The summed E-state index contributed by atoms with van der Waals surface area (Å²) < 4.78 is 21.5. The molecule has 9 heteroatoms. The molecule has 2 heterocycles. The molecule has 4 aromatic rings. The lowest BCUT2D eigenvalue weighted by Crippen LogP contribution is -2.26. The number of imidazole rings is 1. The monoisotopic (exact) mass is 516 g/mol. The number of halogens is 1. The van der Waals surface area contributed by atoms with E-state index in [9.17, 15) is 9.18 Å². The third-order valence-corrected chi connectivity index (χ3v) is 6.49. The number of benzene rings is 2. The summed E-state index contributed by atoms with van der Waals surface area (Å²) in [6.45, 7) is 3.71. The van der Waals surface area contributed by atoms with Gasteiger partial charge >= 0.3 is 0 Å². The van der Waals surface area contributed by atoms with Crippen molar-refractivity contribution in [2.45, 2.75) is 38.6 Å². The van der Waals surface area contributed by atoms with E-state index in [0.29, 0.717) is 28.9 Å². The first-order chi connectivity index (χ1) is 18.4. The molecule has 1 aliphatic rings. The van der Waals surface area contributed by atoms with Gasteiger partial charge in [0.25, 0.3) is 5.91 Å². The Labute approximate surface area is 221 Å². The summed E-state index contributed by atoms with van der Waals surface area (Å²) in [4.78, 5) is 19.4. The molecule has 1 saturated carbocycles. The van der Waals surface area contributed by atoms with Crippen molar-refractivity contribution >= 4 is 17.2 Å². The van der Waals surface area contributed by atoms with Crippen LogP contribution < -0.4 is 15.4 Å². The van der Waals surface area contributed by atoms with Crippen LogP contribution in [-0.4, -0.2) is 58.6 Å². The van der Waals surface area contributed by atoms with Gasteiger partial charge in [0.2, 0.25) is 5.88 Å². The van der Waals surface area contributed by atoms with E-state index in [0.717, 1.165) is 61.3 Å². The third-order valence-electron chi connectivity index (χ3n) is 6.49. The van der Waals surface area contributed by atoms with Gasteiger partial charge in [0, 0.05) is 35.8 Å². The number of hydrogen-bond donors (Lipinski definition) is 2. The summed E-state index contributed by atoms with van der Waals surface area (Å²) in [5.41, 5.74) is 4.62. The molecule has 38 heavy (non-hydrogen) atoms. The lowest BCUT2D eigenvalue weighted by molar-refractivity contribution is 0.0950. The molecule has 0 radical (unpaired) electrons. The van der Waals surface area contributed by atoms with Gasteiger partial charge in [0.15, 0.2) is 5.65 Å². The maximum absolute atomic E-state index is 13.8. The number of anilines is 1. The number of unbranched alkanes of at least 4 members (excludes halogenated alkanes) is 1. The first kappa shape index (κ1) is 25.7. The number of nitrogens with one attached hydrogen (secondary N) is 2. The Morgan fingerprint density at radius 3 is 2.74 bits per heavy atom. The van der Waals surface area contributed by atoms with Crippen LogP contribution in [0.25, 0.3) is 16.9 Å². The van der Waals surface area contributed by atoms with Crippen LogP contribution in [0.1, 0.15) is 41.6 Å². The molecular weight excluding hydrogens is 483 g/mol. The standard InChI is InChI=1S/C29H33FN6O2/c1-19-15-20(9-12-24(19)29(37)33-22-10-11-22)26-18-32-28-25(31-13-4-5-14-35(2)3)17-27(34-36(26)28)38-23-8-6-7-21(30)16-23/h6-9,12,15-18,22,31H,4-5,10-11,13-14H2,1-3H3,(H,33,37). The van der Waals surface area contributed by atoms with Crippen LogP contribution in [0.15, 0.2) is 54.7 Å². The zero-order valence-corrected chi connectivity index (χ0v) is 22.0. The third kappa shape index (κ3) is 6.11. The summed E-state index contributed by atoms with van der Waals surface area (Å²) in [7, 11) is 4.13. The molecule has 1 amide bonds. The number of hydrogen-bond acceptors (Lipinski definition) is 6. The van der Waals surface area contributed by atoms with Crippen LogP contribution in [0.3, 0.4) is 0 Å². The molecule has 0 aliphatic heterocycles. The Hall–Kier alpha value is -3.98. The van der Waals surface area contributed by atoms with E-state index in [2.05, 4.69) is 39.7 Å². The van der Waals surface area contributed by atoms with Gasteiger partial charge < -0.3 is 20.3 Å². The number of aromatic nitrogens is 3. The van der Waals surface area contributed by atoms with E-state index in [-0.39, 0.29) is 11.7 Å². The number of amides is 1. The quantitative estimate of drug-likeness (QED) is 0.264. The Morgan fingerprint density at radius 2 is 2.00 bits per heavy atom. The lowest BCUT2D eigenvalue weighted by Gasteiger charge is -2.13. The Bertz CT molecular complexity index is 1450. The fourth-order valence-electron chi connectivity index (χ4n) is 4.32. The normalized spacial score (nSPS) is 13.2. The van der Waals surface area contributed by atoms with Crippen molar-refractivity contribution in [2.75, 3.05) is 32.5 Å². The Morgan fingerprint density at radius 1 is 1.16 bits per heavy atom. The largest absolute Gasteiger partial charge is 0.437 e. The van der Waals surface area contributed by atoms with Crippen molar-refractivity contribution < 1.29 is 13.9 Å². The average molecular weight is 517 g/mol. The highest BCUT2D eigenvalue weighted by Crippen LogP contribution is 2.30. The lowest BCUT2D eigenvalue weighted by atomic mass is 10.0. The maximum atomic E-state index is 13.8. The number of carbonyl (C=O) groups is 1. The molecule has 2 aromatic heterocycles. The van der Waals surface area contributed by atoms with Crippen molar-refractivity contribution in [3.63, 3.8) is 0 Å². The molecular formula is C29H33FN6O2. The molecule has 0 bridgehead atoms. The van der Waals surface area contributed by atoms with E-state index < -0.39 is 0 Å². The van der Waals surface area contributed by atoms with E-state index in [1.807, 2.05) is 25.1 Å². The summed E-state index contributed by atoms with van der Waals surface area (Å²) in [5.74, 6) is 0.249. The minimum absolute atomic E-state index is 0.0423. The molecule has 0 spiro atoms. The first-order valence-electron chi connectivity index (χ1n) is 13.0. The number of fused-ring (bicyclic) bond motifs is 1. The fraction of sp³-hybridized carbons (Fsp3) is 0.345. The van der Waals surface area contributed by atoms with Gasteiger partial charge in [-0.15, -0.1) is 5.10 Å². The van der Waals surface area contributed by atoms with Gasteiger partial charge in [-0.25, -0.2) is 13.9 Å². The van der Waals surface area contributed by atoms with Crippen molar-refractivity contribution in [1.29, 1.82) is 0 Å². The Balaban J connectivity index is 1.46. The second-order valence-corrected chi connectivity index (χ2v) is 10.0. The first-order valence-corrected chi connectivity index (χ1v) is 13.0. The summed E-state index contributed by atoms with van der Waals surface area (Å²) in [6.07, 6.45) is 5.91. The van der Waals surface area contributed by atoms with Crippen molar-refractivity contribution in [3.05, 3.63) is 71.7 Å². The topological polar surface area (TPSA) is 83.8 Å². The number of ether oxygens (including phenoxy) is 1. The van der Waals surface area contributed by atoms with Crippen LogP contribution in [-0.2, 0) is 0 Å². The molecule has 2 aromatic carbocycles. The number of nitrogens with zero attached hydrogens (tertiary/aromatic N) is 4. The van der Waals surface area contributed by atoms with Gasteiger partial charge in [-0.05, 0) is 83.1 Å². The molecule has 2 N–H and O–H groups in total. The maximum Gasteiger partial charge on any atom is 0.251 e. The predicted molar refractivity (Wildman–Crippen MR) is 146 cm³/mol. The van der Waals surface area contributed by atoms with Gasteiger partial charge in [-0.1, -0.05) is 12.1 Å². The number of aryl methyl sites for hydroxylation is 1. The van der Waals surface area contributed by atoms with Gasteiger partial charge in [0.1, 0.15) is 11.6 Å². The predicted octanol–water partition coefficient (Wildman–Crippen LogP) is 5.28. The minimum Gasteiger partial charge on any atom is -0.437 e. The SMILES string of the molecule is Cc1cc(-c2cnc3c(NCCCCN(C)C)cc(Oc4cccc(F)c4)nn23)ccc1C(=O)NC1CC1. The highest BCUT2D eigenvalue weighted by molar-refractivity contribution is 5.96. The zero-order valence-electron chi connectivity index (χ0n) is 22.0. The fourth-order valence-corrected chi connectivity index (χ4v) is 4.32. The van der Waals surface area contributed by atoms with E-state index in [1.165, 1.54) is 12.1 Å². The number of carbonyl (C=O) groups excluding carboxylic acids is 1. The molecule has 0 unspecified atom stereocenters. The molecule has 1 aliphatic carbocycles. The minimum atomic E-state index is -0.382. The van der Waals surface area contributed by atoms with Gasteiger partial charge in [0.05, 0.1) is 17.6 Å². The highest BCUT2D eigenvalue weighted by Gasteiger charge is 2.24. The molecule has 198 valence electrons. The summed E-state index contributed by atoms with van der Waals surface area (Å²) >= 11 is 0. The highest BCUT2D eigenvalue weighted by atomic mass is 19.1. The molecule has 0 saturated heterocycles. The van der Waals surface area contributed by atoms with Crippen molar-refractivity contribution in [1.82, 2.24) is 24.8 Å². The molecule has 1 fully saturated rings. The van der Waals surface area contributed by atoms with Crippen LogP contribution in [0.5, 0.6) is 11.6 Å². The Kier molecular flexibility index (Phi) is 7.55. The van der Waals surface area contributed by atoms with Crippen LogP contribution in [0.4, 0.5) is 10.1 Å². The second kappa shape index (κ2) is 11.2. The second-order valence-electron chi connectivity index (χ2n) is 10.0. The number of rotatable bonds is 11. The van der Waals surface area contributed by atoms with Crippen LogP contribution in [0, 0.1) is 12.7 Å². The molecule has 8 nitrogen and oxygen atoms in total. The van der Waals surface area contributed by atoms with E-state index in [1.54, 1.807) is 28.9 Å². The van der Waals surface area contributed by atoms with Gasteiger partial charge in [-0.3, -0.25) is 4.79 Å². The summed E-state index contributed by atoms with van der Waals surface area (Å²) in [6, 6.07) is 13.8. The zero-order chi connectivity index (χ0) is 26.6. The van der Waals surface area contributed by atoms with Crippen LogP contribution >= 0.6 is 0 Å². The summed E-state index contributed by atoms with van der Waals surface area (Å²) in [5, 5.41) is 11.2. The van der Waals surface area contributed by atoms with Crippen molar-refractivity contribution in [2.24, 2.45) is 0 Å². The van der Waals surface area contributed by atoms with E-state index in [4.69, 9.17) is 4.74 Å². The van der Waals surface area contributed by atoms with Crippen molar-refractivity contribution in [3.8, 4) is 22.9 Å². The molecule has 0 atom stereocenters.